The molecule has 0 heterocycles. The fourth-order valence-electron chi connectivity index (χ4n) is 4.04. The van der Waals surface area contributed by atoms with Crippen LogP contribution in [-0.4, -0.2) is 32.4 Å². The predicted octanol–water partition coefficient (Wildman–Crippen LogP) is 3.50. The number of amides is 1. The molecule has 1 aliphatic rings. The summed E-state index contributed by atoms with van der Waals surface area (Å²) in [6, 6.07) is 16.7. The molecule has 34 heavy (non-hydrogen) atoms. The second-order valence-electron chi connectivity index (χ2n) is 8.09. The van der Waals surface area contributed by atoms with Crippen molar-refractivity contribution in [1.29, 1.82) is 5.41 Å². The summed E-state index contributed by atoms with van der Waals surface area (Å²) in [6.07, 6.45) is 3.47. The number of benzene rings is 3. The Bertz CT molecular complexity index is 1410. The first kappa shape index (κ1) is 23.2. The monoisotopic (exact) mass is 477 g/mol. The minimum atomic E-state index is -4.01. The summed E-state index contributed by atoms with van der Waals surface area (Å²) in [6.45, 7) is 0. The Labute approximate surface area is 197 Å². The molecule has 0 atom stereocenters. The molecule has 174 valence electrons. The standard InChI is InChI=1S/C25H23N3O5S/c1-34(31,32)33-25(30)20-8-3-2-7-19(20)21-13-16-5-4-6-17(16)14-22(21)24(29)28-18-11-9-15(10-12-18)23(26)27/h2-3,7-14H,4-6H2,1H3,(H3,26,27)(H,28,29). The van der Waals surface area contributed by atoms with Crippen molar-refractivity contribution < 1.29 is 22.2 Å². The zero-order valence-electron chi connectivity index (χ0n) is 18.4. The van der Waals surface area contributed by atoms with Gasteiger partial charge in [0.15, 0.2) is 0 Å². The topological polar surface area (TPSA) is 139 Å². The number of carbonyl (C=O) groups excluding carboxylic acids is 2. The van der Waals surface area contributed by atoms with Crippen molar-refractivity contribution >= 4 is 33.5 Å². The maximum atomic E-state index is 13.3. The number of rotatable bonds is 6. The van der Waals surface area contributed by atoms with E-state index in [1.54, 1.807) is 42.5 Å². The van der Waals surface area contributed by atoms with E-state index in [1.165, 1.54) is 6.07 Å². The number of nitrogens with one attached hydrogen (secondary N) is 2. The molecule has 4 rings (SSSR count). The number of nitrogens with two attached hydrogens (primary N) is 1. The van der Waals surface area contributed by atoms with Gasteiger partial charge in [0.25, 0.3) is 5.91 Å². The zero-order valence-corrected chi connectivity index (χ0v) is 19.2. The van der Waals surface area contributed by atoms with Crippen molar-refractivity contribution in [2.24, 2.45) is 5.73 Å². The molecule has 0 fully saturated rings. The second kappa shape index (κ2) is 9.11. The molecule has 8 nitrogen and oxygen atoms in total. The van der Waals surface area contributed by atoms with Gasteiger partial charge in [-0.05, 0) is 77.9 Å². The van der Waals surface area contributed by atoms with E-state index in [0.29, 0.717) is 27.9 Å². The highest BCUT2D eigenvalue weighted by molar-refractivity contribution is 7.86. The molecule has 0 saturated heterocycles. The van der Waals surface area contributed by atoms with Gasteiger partial charge in [0.2, 0.25) is 0 Å². The van der Waals surface area contributed by atoms with Crippen LogP contribution < -0.4 is 11.1 Å². The number of carbonyl (C=O) groups is 2. The Balaban J connectivity index is 1.77. The second-order valence-corrected chi connectivity index (χ2v) is 9.66. The van der Waals surface area contributed by atoms with Gasteiger partial charge in [-0.25, -0.2) is 4.79 Å². The van der Waals surface area contributed by atoms with Crippen LogP contribution in [0.15, 0.2) is 60.7 Å². The Kier molecular flexibility index (Phi) is 6.21. The molecule has 0 unspecified atom stereocenters. The molecule has 0 bridgehead atoms. The van der Waals surface area contributed by atoms with Crippen molar-refractivity contribution in [2.45, 2.75) is 19.3 Å². The number of amidine groups is 1. The van der Waals surface area contributed by atoms with Crippen molar-refractivity contribution in [1.82, 2.24) is 0 Å². The lowest BCUT2D eigenvalue weighted by atomic mass is 9.91. The maximum absolute atomic E-state index is 13.3. The number of hydrogen-bond donors (Lipinski definition) is 3. The number of fused-ring (bicyclic) bond motifs is 1. The van der Waals surface area contributed by atoms with Crippen LogP contribution in [0.3, 0.4) is 0 Å². The van der Waals surface area contributed by atoms with E-state index >= 15 is 0 Å². The molecule has 0 radical (unpaired) electrons. The van der Waals surface area contributed by atoms with Crippen molar-refractivity contribution in [3.63, 3.8) is 0 Å². The molecule has 0 spiro atoms. The van der Waals surface area contributed by atoms with Gasteiger partial charge in [-0.3, -0.25) is 10.2 Å². The van der Waals surface area contributed by atoms with Gasteiger partial charge in [0.1, 0.15) is 5.84 Å². The predicted molar refractivity (Wildman–Crippen MR) is 130 cm³/mol. The van der Waals surface area contributed by atoms with Gasteiger partial charge >= 0.3 is 16.1 Å². The summed E-state index contributed by atoms with van der Waals surface area (Å²) in [5.41, 5.74) is 10.0. The summed E-state index contributed by atoms with van der Waals surface area (Å²) in [4.78, 5) is 26.0. The van der Waals surface area contributed by atoms with Crippen LogP contribution >= 0.6 is 0 Å². The molecule has 3 aromatic rings. The number of anilines is 1. The van der Waals surface area contributed by atoms with Gasteiger partial charge in [-0.1, -0.05) is 24.3 Å². The van der Waals surface area contributed by atoms with E-state index in [-0.39, 0.29) is 17.3 Å². The Morgan fingerprint density at radius 3 is 2.24 bits per heavy atom. The lowest BCUT2D eigenvalue weighted by Crippen LogP contribution is -2.16. The first-order valence-corrected chi connectivity index (χ1v) is 12.4. The van der Waals surface area contributed by atoms with Gasteiger partial charge in [0.05, 0.1) is 11.8 Å². The van der Waals surface area contributed by atoms with Crippen LogP contribution in [0, 0.1) is 5.41 Å². The highest BCUT2D eigenvalue weighted by Crippen LogP contribution is 2.34. The average Bonchev–Trinajstić information content (AvgIpc) is 3.25. The van der Waals surface area contributed by atoms with Crippen LogP contribution in [-0.2, 0) is 27.1 Å². The lowest BCUT2D eigenvalue weighted by Gasteiger charge is -2.16. The van der Waals surface area contributed by atoms with E-state index in [9.17, 15) is 18.0 Å². The highest BCUT2D eigenvalue weighted by atomic mass is 32.2. The zero-order chi connectivity index (χ0) is 24.5. The van der Waals surface area contributed by atoms with Crippen LogP contribution in [0.5, 0.6) is 0 Å². The van der Waals surface area contributed by atoms with Crippen LogP contribution in [0.2, 0.25) is 0 Å². The third-order valence-corrected chi connectivity index (χ3v) is 6.05. The Hall–Kier alpha value is -3.98. The Morgan fingerprint density at radius 1 is 0.941 bits per heavy atom. The van der Waals surface area contributed by atoms with E-state index in [1.807, 2.05) is 12.1 Å². The highest BCUT2D eigenvalue weighted by Gasteiger charge is 2.24. The molecule has 0 aromatic heterocycles. The minimum absolute atomic E-state index is 0.0470. The molecule has 4 N–H and O–H groups in total. The third kappa shape index (κ3) is 4.99. The average molecular weight is 478 g/mol. The van der Waals surface area contributed by atoms with E-state index in [2.05, 4.69) is 9.50 Å². The molecule has 9 heteroatoms. The van der Waals surface area contributed by atoms with Gasteiger partial charge in [0, 0.05) is 16.8 Å². The van der Waals surface area contributed by atoms with Gasteiger partial charge in [-0.15, -0.1) is 0 Å². The van der Waals surface area contributed by atoms with E-state index < -0.39 is 16.1 Å². The first-order valence-electron chi connectivity index (χ1n) is 10.6. The number of aryl methyl sites for hydroxylation is 2. The number of nitrogen functional groups attached to an aromatic ring is 1. The van der Waals surface area contributed by atoms with Crippen molar-refractivity contribution in [3.05, 3.63) is 88.5 Å². The maximum Gasteiger partial charge on any atom is 0.354 e. The van der Waals surface area contributed by atoms with Crippen LogP contribution in [0.25, 0.3) is 11.1 Å². The van der Waals surface area contributed by atoms with E-state index in [0.717, 1.165) is 36.6 Å². The quantitative estimate of drug-likeness (QED) is 0.282. The van der Waals surface area contributed by atoms with Crippen molar-refractivity contribution in [2.75, 3.05) is 11.6 Å². The smallest absolute Gasteiger partial charge is 0.354 e. The molecule has 0 aliphatic heterocycles. The Morgan fingerprint density at radius 2 is 1.59 bits per heavy atom. The first-order chi connectivity index (χ1) is 16.1. The normalized spacial score (nSPS) is 12.6. The molecular weight excluding hydrogens is 454 g/mol. The molecule has 1 aliphatic carbocycles. The molecule has 0 saturated carbocycles. The van der Waals surface area contributed by atoms with Crippen molar-refractivity contribution in [3.8, 4) is 11.1 Å². The summed E-state index contributed by atoms with van der Waals surface area (Å²) in [5, 5.41) is 10.4. The summed E-state index contributed by atoms with van der Waals surface area (Å²) >= 11 is 0. The largest absolute Gasteiger partial charge is 0.384 e. The molecular formula is C25H23N3O5S. The minimum Gasteiger partial charge on any atom is -0.384 e. The van der Waals surface area contributed by atoms with Crippen LogP contribution in [0.1, 0.15) is 43.8 Å². The summed E-state index contributed by atoms with van der Waals surface area (Å²) < 4.78 is 27.7. The fraction of sp³-hybridized carbons (Fsp3) is 0.160. The van der Waals surface area contributed by atoms with Gasteiger partial charge < -0.3 is 15.2 Å². The molecule has 3 aromatic carbocycles. The lowest BCUT2D eigenvalue weighted by molar-refractivity contribution is 0.0748. The SMILES string of the molecule is CS(=O)(=O)OC(=O)c1ccccc1-c1cc2c(cc1C(=O)Nc1ccc(C(=N)N)cc1)CCC2. The summed E-state index contributed by atoms with van der Waals surface area (Å²) in [5.74, 6) is -1.47. The number of hydrogen-bond acceptors (Lipinski definition) is 6. The van der Waals surface area contributed by atoms with E-state index in [4.69, 9.17) is 11.1 Å². The van der Waals surface area contributed by atoms with Crippen LogP contribution in [0.4, 0.5) is 5.69 Å². The fourth-order valence-corrected chi connectivity index (χ4v) is 4.41. The van der Waals surface area contributed by atoms with Gasteiger partial charge in [-0.2, -0.15) is 8.42 Å². The molecule has 1 amide bonds. The summed E-state index contributed by atoms with van der Waals surface area (Å²) in [7, 11) is -4.01. The third-order valence-electron chi connectivity index (χ3n) is 5.59.